The summed E-state index contributed by atoms with van der Waals surface area (Å²) in [5.41, 5.74) is 13.5. The molecule has 242 valence electrons. The molecular weight excluding hydrogens is 617 g/mol. The topological polar surface area (TPSA) is 6.48 Å². The van der Waals surface area contributed by atoms with Gasteiger partial charge in [0.1, 0.15) is 0 Å². The third-order valence-electron chi connectivity index (χ3n) is 10.1. The Kier molecular flexibility index (Phi) is 7.75. The molecule has 0 fully saturated rings. The van der Waals surface area contributed by atoms with Crippen LogP contribution >= 0.6 is 0 Å². The molecule has 2 nitrogen and oxygen atoms in total. The Labute approximate surface area is 300 Å². The molecule has 0 atom stereocenters. The van der Waals surface area contributed by atoms with Crippen LogP contribution in [0.5, 0.6) is 0 Å². The Morgan fingerprint density at radius 1 is 0.333 bits per heavy atom. The molecular formula is C49H36N2. The molecule has 0 saturated heterocycles. The van der Waals surface area contributed by atoms with Crippen LogP contribution in [0.3, 0.4) is 0 Å². The molecule has 0 aromatic heterocycles. The van der Waals surface area contributed by atoms with Gasteiger partial charge >= 0.3 is 0 Å². The fraction of sp³-hybridized carbons (Fsp3) is 0.0204. The van der Waals surface area contributed by atoms with Gasteiger partial charge in [0.15, 0.2) is 0 Å². The SMILES string of the molecule is c1ccc(-c2cccc(N(c3ccccc3)c3ccc4c(c3)N(c3ccccc3)c3ccccc3C4(c3ccccc3)c3ccccc3)c2)cc1. The molecule has 51 heavy (non-hydrogen) atoms. The van der Waals surface area contributed by atoms with E-state index in [9.17, 15) is 0 Å². The maximum atomic E-state index is 2.45. The average molecular weight is 653 g/mol. The number of anilines is 6. The van der Waals surface area contributed by atoms with Gasteiger partial charge < -0.3 is 9.80 Å². The van der Waals surface area contributed by atoms with Gasteiger partial charge in [0.25, 0.3) is 0 Å². The lowest BCUT2D eigenvalue weighted by Crippen LogP contribution is -2.37. The van der Waals surface area contributed by atoms with E-state index in [1.807, 2.05) is 0 Å². The Bertz CT molecular complexity index is 2370. The van der Waals surface area contributed by atoms with Crippen LogP contribution in [0, 0.1) is 0 Å². The van der Waals surface area contributed by atoms with Gasteiger partial charge in [-0.3, -0.25) is 0 Å². The van der Waals surface area contributed by atoms with Crippen molar-refractivity contribution in [3.8, 4) is 11.1 Å². The summed E-state index contributed by atoms with van der Waals surface area (Å²) in [5, 5.41) is 0. The molecule has 0 saturated carbocycles. The highest BCUT2D eigenvalue weighted by molar-refractivity contribution is 5.92. The molecule has 8 aromatic rings. The van der Waals surface area contributed by atoms with E-state index in [0.29, 0.717) is 0 Å². The van der Waals surface area contributed by atoms with Crippen molar-refractivity contribution in [3.05, 3.63) is 241 Å². The normalized spacial score (nSPS) is 12.8. The van der Waals surface area contributed by atoms with E-state index in [4.69, 9.17) is 0 Å². The van der Waals surface area contributed by atoms with Crippen molar-refractivity contribution in [1.82, 2.24) is 0 Å². The van der Waals surface area contributed by atoms with Crippen molar-refractivity contribution in [1.29, 1.82) is 0 Å². The van der Waals surface area contributed by atoms with Crippen LogP contribution in [-0.2, 0) is 5.41 Å². The van der Waals surface area contributed by atoms with Crippen LogP contribution < -0.4 is 9.80 Å². The fourth-order valence-corrected chi connectivity index (χ4v) is 7.92. The fourth-order valence-electron chi connectivity index (χ4n) is 7.92. The van der Waals surface area contributed by atoms with Crippen molar-refractivity contribution >= 4 is 34.1 Å². The Morgan fingerprint density at radius 2 is 0.824 bits per heavy atom. The Balaban J connectivity index is 1.35. The number of rotatable bonds is 7. The predicted molar refractivity (Wildman–Crippen MR) is 213 cm³/mol. The second-order valence-corrected chi connectivity index (χ2v) is 13.0. The highest BCUT2D eigenvalue weighted by Gasteiger charge is 2.46. The van der Waals surface area contributed by atoms with Gasteiger partial charge in [-0.2, -0.15) is 0 Å². The Hall–Kier alpha value is -6.64. The monoisotopic (exact) mass is 652 g/mol. The molecule has 0 spiro atoms. The second-order valence-electron chi connectivity index (χ2n) is 13.0. The smallest absolute Gasteiger partial charge is 0.0742 e. The van der Waals surface area contributed by atoms with E-state index < -0.39 is 5.41 Å². The van der Waals surface area contributed by atoms with Gasteiger partial charge in [-0.05, 0) is 88.0 Å². The maximum absolute atomic E-state index is 2.45. The summed E-state index contributed by atoms with van der Waals surface area (Å²) in [6.45, 7) is 0. The van der Waals surface area contributed by atoms with Gasteiger partial charge in [0.2, 0.25) is 0 Å². The quantitative estimate of drug-likeness (QED) is 0.169. The minimum absolute atomic E-state index is 0.553. The molecule has 0 N–H and O–H groups in total. The standard InChI is InChI=1S/C49H36N2/c1-6-19-37(20-7-1)38-21-18-30-43(35-38)50(41-26-12-4-13-27-41)44-33-34-46-48(36-44)51(42-28-14-5-15-29-42)47-32-17-16-31-45(47)49(46,39-22-8-2-9-23-39)40-24-10-3-11-25-40/h1-36H. The summed E-state index contributed by atoms with van der Waals surface area (Å²) in [5.74, 6) is 0. The second kappa shape index (κ2) is 13.0. The number of fused-ring (bicyclic) bond motifs is 2. The number of para-hydroxylation sites is 3. The summed E-state index contributed by atoms with van der Waals surface area (Å²) in [4.78, 5) is 4.82. The van der Waals surface area contributed by atoms with E-state index in [-0.39, 0.29) is 0 Å². The molecule has 2 heteroatoms. The minimum atomic E-state index is -0.553. The van der Waals surface area contributed by atoms with Crippen LogP contribution in [0.2, 0.25) is 0 Å². The van der Waals surface area contributed by atoms with Crippen molar-refractivity contribution in [3.63, 3.8) is 0 Å². The molecule has 1 heterocycles. The third kappa shape index (κ3) is 5.21. The molecule has 1 aliphatic heterocycles. The molecule has 9 rings (SSSR count). The van der Waals surface area contributed by atoms with E-state index >= 15 is 0 Å². The summed E-state index contributed by atoms with van der Waals surface area (Å²) >= 11 is 0. The first-order valence-electron chi connectivity index (χ1n) is 17.5. The molecule has 1 aliphatic rings. The molecule has 0 unspecified atom stereocenters. The van der Waals surface area contributed by atoms with Crippen LogP contribution in [0.25, 0.3) is 11.1 Å². The summed E-state index contributed by atoms with van der Waals surface area (Å²) in [6.07, 6.45) is 0. The van der Waals surface area contributed by atoms with E-state index in [2.05, 4.69) is 228 Å². The van der Waals surface area contributed by atoms with Gasteiger partial charge in [-0.15, -0.1) is 0 Å². The van der Waals surface area contributed by atoms with Gasteiger partial charge in [0, 0.05) is 22.7 Å². The van der Waals surface area contributed by atoms with E-state index in [1.165, 1.54) is 39.1 Å². The van der Waals surface area contributed by atoms with Crippen LogP contribution in [0.1, 0.15) is 22.3 Å². The third-order valence-corrected chi connectivity index (χ3v) is 10.1. The van der Waals surface area contributed by atoms with E-state index in [0.717, 1.165) is 28.4 Å². The maximum Gasteiger partial charge on any atom is 0.0742 e. The lowest BCUT2D eigenvalue weighted by molar-refractivity contribution is 0.731. The zero-order valence-electron chi connectivity index (χ0n) is 28.2. The Morgan fingerprint density at radius 3 is 1.49 bits per heavy atom. The van der Waals surface area contributed by atoms with Gasteiger partial charge in [-0.25, -0.2) is 0 Å². The first-order valence-corrected chi connectivity index (χ1v) is 17.5. The predicted octanol–water partition coefficient (Wildman–Crippen LogP) is 13.0. The molecule has 0 radical (unpaired) electrons. The number of benzene rings is 8. The molecule has 0 amide bonds. The van der Waals surface area contributed by atoms with Crippen LogP contribution in [-0.4, -0.2) is 0 Å². The number of nitrogens with zero attached hydrogens (tertiary/aromatic N) is 2. The molecule has 8 aromatic carbocycles. The van der Waals surface area contributed by atoms with E-state index in [1.54, 1.807) is 0 Å². The number of hydrogen-bond donors (Lipinski definition) is 0. The lowest BCUT2D eigenvalue weighted by Gasteiger charge is -2.47. The largest absolute Gasteiger partial charge is 0.310 e. The van der Waals surface area contributed by atoms with Crippen molar-refractivity contribution in [2.45, 2.75) is 5.41 Å². The van der Waals surface area contributed by atoms with Gasteiger partial charge in [-0.1, -0.05) is 164 Å². The highest BCUT2D eigenvalue weighted by atomic mass is 15.2. The van der Waals surface area contributed by atoms with Crippen molar-refractivity contribution in [2.24, 2.45) is 0 Å². The highest BCUT2D eigenvalue weighted by Crippen LogP contribution is 2.58. The number of hydrogen-bond acceptors (Lipinski definition) is 2. The summed E-state index contributed by atoms with van der Waals surface area (Å²) in [7, 11) is 0. The molecule has 0 aliphatic carbocycles. The van der Waals surface area contributed by atoms with Gasteiger partial charge in [0.05, 0.1) is 16.8 Å². The average Bonchev–Trinajstić information content (AvgIpc) is 3.22. The lowest BCUT2D eigenvalue weighted by atomic mass is 9.62. The van der Waals surface area contributed by atoms with Crippen molar-refractivity contribution < 1.29 is 0 Å². The molecule has 0 bridgehead atoms. The van der Waals surface area contributed by atoms with Crippen LogP contribution in [0.4, 0.5) is 34.1 Å². The summed E-state index contributed by atoms with van der Waals surface area (Å²) in [6, 6.07) is 78.9. The first kappa shape index (κ1) is 30.4. The summed E-state index contributed by atoms with van der Waals surface area (Å²) < 4.78 is 0. The zero-order valence-corrected chi connectivity index (χ0v) is 28.2. The minimum Gasteiger partial charge on any atom is -0.310 e. The first-order chi connectivity index (χ1) is 25.3. The zero-order chi connectivity index (χ0) is 34.0. The van der Waals surface area contributed by atoms with Crippen LogP contribution in [0.15, 0.2) is 218 Å². The van der Waals surface area contributed by atoms with Crippen molar-refractivity contribution in [2.75, 3.05) is 9.80 Å².